The number of halogens is 3. The van der Waals surface area contributed by atoms with Crippen LogP contribution in [0.3, 0.4) is 0 Å². The highest BCUT2D eigenvalue weighted by Gasteiger charge is 2.43. The molecule has 10 heteroatoms. The molecule has 0 rings (SSSR count). The predicted molar refractivity (Wildman–Crippen MR) is 96.6 cm³/mol. The van der Waals surface area contributed by atoms with E-state index in [-0.39, 0.29) is 11.8 Å². The zero-order chi connectivity index (χ0) is 19.9. The molecule has 1 amide bonds. The molecule has 0 spiro atoms. The van der Waals surface area contributed by atoms with Gasteiger partial charge in [0.05, 0.1) is 14.2 Å². The third kappa shape index (κ3) is 7.56. The van der Waals surface area contributed by atoms with Gasteiger partial charge in [-0.1, -0.05) is 62.5 Å². The van der Waals surface area contributed by atoms with E-state index in [2.05, 4.69) is 15.4 Å². The fourth-order valence-electron chi connectivity index (χ4n) is 2.02. The van der Waals surface area contributed by atoms with Gasteiger partial charge in [0, 0.05) is 0 Å². The highest BCUT2D eigenvalue weighted by atomic mass is 35.6. The van der Waals surface area contributed by atoms with Crippen molar-refractivity contribution in [3.05, 3.63) is 0 Å². The molecule has 0 aliphatic rings. The first-order valence-electron chi connectivity index (χ1n) is 7.65. The maximum absolute atomic E-state index is 12.6. The van der Waals surface area contributed by atoms with Gasteiger partial charge >= 0.3 is 11.9 Å². The lowest BCUT2D eigenvalue weighted by molar-refractivity contribution is -0.147. The zero-order valence-corrected chi connectivity index (χ0v) is 17.3. The molecule has 146 valence electrons. The molecular weight excluding hydrogens is 395 g/mol. The molecular formula is C15H25Cl3N2O5. The Bertz CT molecular complexity index is 480. The largest absolute Gasteiger partial charge is 0.468 e. The predicted octanol–water partition coefficient (Wildman–Crippen LogP) is 1.83. The summed E-state index contributed by atoms with van der Waals surface area (Å²) in [6.45, 7) is 6.94. The van der Waals surface area contributed by atoms with Crippen molar-refractivity contribution in [1.82, 2.24) is 10.6 Å². The second kappa shape index (κ2) is 10.4. The van der Waals surface area contributed by atoms with Gasteiger partial charge in [-0.2, -0.15) is 0 Å². The summed E-state index contributed by atoms with van der Waals surface area (Å²) in [6.07, 6.45) is 0. The number of hydrogen-bond donors (Lipinski definition) is 2. The minimum atomic E-state index is -2.07. The number of amides is 1. The topological polar surface area (TPSA) is 93.7 Å². The van der Waals surface area contributed by atoms with Crippen molar-refractivity contribution in [1.29, 1.82) is 0 Å². The number of esters is 2. The van der Waals surface area contributed by atoms with Crippen LogP contribution in [0, 0.1) is 11.8 Å². The average molecular weight is 420 g/mol. The van der Waals surface area contributed by atoms with Crippen molar-refractivity contribution in [3.8, 4) is 0 Å². The van der Waals surface area contributed by atoms with Gasteiger partial charge in [0.1, 0.15) is 18.1 Å². The van der Waals surface area contributed by atoms with Crippen LogP contribution in [-0.2, 0) is 23.9 Å². The Morgan fingerprint density at radius 1 is 0.840 bits per heavy atom. The fourth-order valence-corrected chi connectivity index (χ4v) is 2.51. The average Bonchev–Trinajstić information content (AvgIpc) is 2.49. The molecule has 0 aliphatic heterocycles. The molecule has 3 unspecified atom stereocenters. The lowest BCUT2D eigenvalue weighted by Crippen LogP contribution is -2.60. The molecule has 0 aromatic rings. The summed E-state index contributed by atoms with van der Waals surface area (Å²) >= 11 is 17.7. The van der Waals surface area contributed by atoms with E-state index >= 15 is 0 Å². The molecule has 0 saturated carbocycles. The molecule has 25 heavy (non-hydrogen) atoms. The van der Waals surface area contributed by atoms with E-state index in [9.17, 15) is 14.4 Å². The second-order valence-corrected chi connectivity index (χ2v) is 8.51. The first-order chi connectivity index (χ1) is 11.4. The van der Waals surface area contributed by atoms with Crippen LogP contribution in [0.25, 0.3) is 0 Å². The first kappa shape index (κ1) is 24.2. The monoisotopic (exact) mass is 418 g/mol. The molecule has 0 radical (unpaired) electrons. The summed E-state index contributed by atoms with van der Waals surface area (Å²) in [4.78, 5) is 36.3. The van der Waals surface area contributed by atoms with Crippen LogP contribution < -0.4 is 10.6 Å². The van der Waals surface area contributed by atoms with Crippen LogP contribution in [-0.4, -0.2) is 54.0 Å². The summed E-state index contributed by atoms with van der Waals surface area (Å²) in [6, 6.07) is -3.20. The van der Waals surface area contributed by atoms with Crippen molar-refractivity contribution in [3.63, 3.8) is 0 Å². The summed E-state index contributed by atoms with van der Waals surface area (Å²) in [7, 11) is 2.43. The Hall–Kier alpha value is -0.760. The third-order valence-corrected chi connectivity index (χ3v) is 4.13. The molecule has 0 saturated heterocycles. The molecule has 3 atom stereocenters. The van der Waals surface area contributed by atoms with Crippen LogP contribution in [0.2, 0.25) is 0 Å². The molecule has 0 bridgehead atoms. The van der Waals surface area contributed by atoms with Crippen molar-refractivity contribution in [2.75, 3.05) is 14.2 Å². The molecule has 0 heterocycles. The van der Waals surface area contributed by atoms with Gasteiger partial charge in [-0.3, -0.25) is 14.9 Å². The summed E-state index contributed by atoms with van der Waals surface area (Å²) in [5.74, 6) is -2.47. The van der Waals surface area contributed by atoms with Gasteiger partial charge in [0.25, 0.3) is 0 Å². The van der Waals surface area contributed by atoms with E-state index < -0.39 is 39.8 Å². The summed E-state index contributed by atoms with van der Waals surface area (Å²) in [5.41, 5.74) is 0. The zero-order valence-electron chi connectivity index (χ0n) is 15.1. The number of rotatable bonds is 8. The van der Waals surface area contributed by atoms with Crippen LogP contribution in [0.4, 0.5) is 0 Å². The number of methoxy groups -OCH3 is 2. The molecule has 7 nitrogen and oxygen atoms in total. The Morgan fingerprint density at radius 3 is 1.56 bits per heavy atom. The van der Waals surface area contributed by atoms with Crippen LogP contribution >= 0.6 is 34.8 Å². The van der Waals surface area contributed by atoms with Gasteiger partial charge in [0.2, 0.25) is 9.70 Å². The van der Waals surface area contributed by atoms with Crippen molar-refractivity contribution < 1.29 is 23.9 Å². The molecule has 0 fully saturated rings. The van der Waals surface area contributed by atoms with Crippen molar-refractivity contribution >= 4 is 52.6 Å². The number of carbonyl (C=O) groups is 3. The number of nitrogens with one attached hydrogen (secondary N) is 2. The maximum Gasteiger partial charge on any atom is 0.328 e. The Balaban J connectivity index is 5.49. The smallest absolute Gasteiger partial charge is 0.328 e. The molecule has 0 aromatic carbocycles. The number of carbonyl (C=O) groups excluding carboxylic acids is 3. The first-order valence-corrected chi connectivity index (χ1v) is 8.78. The van der Waals surface area contributed by atoms with Crippen LogP contribution in [0.15, 0.2) is 0 Å². The molecule has 2 N–H and O–H groups in total. The Labute approximate surface area is 163 Å². The standard InChI is InChI=1S/C15H25Cl3N2O5/c1-7(2)9(13(22)24-5)19-11(15(16,17)18)12(21)20-10(8(3)4)14(23)25-6/h7-11,19H,1-6H3,(H,20,21). The van der Waals surface area contributed by atoms with E-state index in [0.717, 1.165) is 0 Å². The highest BCUT2D eigenvalue weighted by molar-refractivity contribution is 6.69. The highest BCUT2D eigenvalue weighted by Crippen LogP contribution is 2.31. The normalized spacial score (nSPS) is 15.5. The van der Waals surface area contributed by atoms with E-state index in [1.807, 2.05) is 0 Å². The van der Waals surface area contributed by atoms with Crippen molar-refractivity contribution in [2.45, 2.75) is 49.6 Å². The van der Waals surface area contributed by atoms with E-state index in [4.69, 9.17) is 39.5 Å². The van der Waals surface area contributed by atoms with Gasteiger partial charge in [-0.15, -0.1) is 0 Å². The number of ether oxygens (including phenoxy) is 2. The van der Waals surface area contributed by atoms with Gasteiger partial charge in [0.15, 0.2) is 0 Å². The van der Waals surface area contributed by atoms with Gasteiger partial charge in [-0.25, -0.2) is 4.79 Å². The van der Waals surface area contributed by atoms with Gasteiger partial charge in [-0.05, 0) is 11.8 Å². The summed E-state index contributed by atoms with van der Waals surface area (Å²) in [5, 5.41) is 5.20. The summed E-state index contributed by atoms with van der Waals surface area (Å²) < 4.78 is 7.31. The fraction of sp³-hybridized carbons (Fsp3) is 0.800. The van der Waals surface area contributed by atoms with Crippen LogP contribution in [0.1, 0.15) is 27.7 Å². The number of hydrogen-bond acceptors (Lipinski definition) is 6. The quantitative estimate of drug-likeness (QED) is 0.460. The van der Waals surface area contributed by atoms with E-state index in [0.29, 0.717) is 0 Å². The minimum Gasteiger partial charge on any atom is -0.468 e. The van der Waals surface area contributed by atoms with Crippen molar-refractivity contribution in [2.24, 2.45) is 11.8 Å². The Kier molecular flexibility index (Phi) is 10.1. The lowest BCUT2D eigenvalue weighted by Gasteiger charge is -2.31. The van der Waals surface area contributed by atoms with E-state index in [1.165, 1.54) is 14.2 Å². The van der Waals surface area contributed by atoms with Gasteiger partial charge < -0.3 is 14.8 Å². The minimum absolute atomic E-state index is 0.239. The number of alkyl halides is 3. The van der Waals surface area contributed by atoms with E-state index in [1.54, 1.807) is 27.7 Å². The molecule has 0 aliphatic carbocycles. The third-order valence-electron chi connectivity index (χ3n) is 3.48. The lowest BCUT2D eigenvalue weighted by atomic mass is 10.0. The molecule has 0 aromatic heterocycles. The van der Waals surface area contributed by atoms with Crippen LogP contribution in [0.5, 0.6) is 0 Å². The second-order valence-electron chi connectivity index (χ2n) is 6.14. The SMILES string of the molecule is COC(=O)C(NC(=O)C(NC(C(=O)OC)C(C)C)C(Cl)(Cl)Cl)C(C)C. The maximum atomic E-state index is 12.6. The Morgan fingerprint density at radius 2 is 1.24 bits per heavy atom.